The second-order valence-electron chi connectivity index (χ2n) is 28.3. The summed E-state index contributed by atoms with van der Waals surface area (Å²) in [6.07, 6.45) is 0. The number of fused-ring (bicyclic) bond motifs is 34. The molecule has 0 saturated heterocycles. The average molecular weight is 1340 g/mol. The first-order valence-corrected chi connectivity index (χ1v) is 37.2. The third-order valence-electron chi connectivity index (χ3n) is 23.6. The highest BCUT2D eigenvalue weighted by Gasteiger charge is 2.53. The number of hydrogen-bond acceptors (Lipinski definition) is 3. The summed E-state index contributed by atoms with van der Waals surface area (Å²) in [4.78, 5) is 5.11. The number of furan rings is 1. The van der Waals surface area contributed by atoms with E-state index in [4.69, 9.17) is 4.42 Å². The van der Waals surface area contributed by atoms with E-state index in [9.17, 15) is 0 Å². The van der Waals surface area contributed by atoms with Crippen LogP contribution in [0.4, 0.5) is 0 Å². The van der Waals surface area contributed by atoms with Gasteiger partial charge in [-0.15, -0.1) is 0 Å². The van der Waals surface area contributed by atoms with Gasteiger partial charge in [0.1, 0.15) is 11.2 Å². The van der Waals surface area contributed by atoms with E-state index < -0.39 is 10.8 Å². The zero-order valence-electron chi connectivity index (χ0n) is 55.5. The molecule has 0 N–H and O–H groups in total. The smallest absolute Gasteiger partial charge is 0.137 e. The molecule has 2 aliphatic heterocycles. The average Bonchev–Trinajstić information content (AvgIpc) is 1.54. The van der Waals surface area contributed by atoms with Crippen LogP contribution in [0.5, 0.6) is 0 Å². The predicted molar refractivity (Wildman–Crippen MR) is 429 cm³/mol. The molecule has 2 spiro atoms. The third kappa shape index (κ3) is 7.27. The topological polar surface area (TPSA) is 23.0 Å². The second-order valence-corrected chi connectivity index (χ2v) is 30.4. The molecule has 0 bridgehead atoms. The highest BCUT2D eigenvalue weighted by atomic mass is 32.2. The Hall–Kier alpha value is -12.4. The van der Waals surface area contributed by atoms with Crippen LogP contribution in [0.3, 0.4) is 0 Å². The van der Waals surface area contributed by atoms with Crippen LogP contribution in [-0.4, -0.2) is 9.13 Å². The van der Waals surface area contributed by atoms with E-state index in [2.05, 4.69) is 349 Å². The summed E-state index contributed by atoms with van der Waals surface area (Å²) in [6.45, 7) is 0. The zero-order chi connectivity index (χ0) is 67.0. The van der Waals surface area contributed by atoms with Gasteiger partial charge in [0.15, 0.2) is 0 Å². The molecule has 0 fully saturated rings. The van der Waals surface area contributed by atoms with Gasteiger partial charge in [0, 0.05) is 69.3 Å². The van der Waals surface area contributed by atoms with Crippen molar-refractivity contribution in [1.29, 1.82) is 0 Å². The van der Waals surface area contributed by atoms with Crippen molar-refractivity contribution in [3.05, 3.63) is 384 Å². The Kier molecular flexibility index (Phi) is 11.3. The number of rotatable bonds is 4. The van der Waals surface area contributed by atoms with Gasteiger partial charge in [-0.05, 0) is 188 Å². The fraction of sp³-hybridized carbons (Fsp3) is 0.0204. The van der Waals surface area contributed by atoms with Gasteiger partial charge in [0.2, 0.25) is 0 Å². The Morgan fingerprint density at radius 1 is 0.252 bits per heavy atom. The van der Waals surface area contributed by atoms with Gasteiger partial charge in [0.05, 0.1) is 32.9 Å². The van der Waals surface area contributed by atoms with Crippen molar-refractivity contribution in [2.75, 3.05) is 0 Å². The molecule has 2 aliphatic carbocycles. The largest absolute Gasteiger partial charge is 0.456 e. The summed E-state index contributed by atoms with van der Waals surface area (Å²) in [5.41, 5.74) is 28.1. The van der Waals surface area contributed by atoms with Gasteiger partial charge in [-0.3, -0.25) is 0 Å². The molecular formula is C98H56N2OS2. The molecule has 20 aromatic rings. The number of aromatic nitrogens is 2. The molecule has 17 aromatic carbocycles. The molecule has 103 heavy (non-hydrogen) atoms. The Morgan fingerprint density at radius 2 is 0.709 bits per heavy atom. The van der Waals surface area contributed by atoms with Crippen LogP contribution in [0.15, 0.2) is 364 Å². The quantitative estimate of drug-likeness (QED) is 0.175. The monoisotopic (exact) mass is 1340 g/mol. The van der Waals surface area contributed by atoms with Crippen molar-refractivity contribution < 1.29 is 4.42 Å². The van der Waals surface area contributed by atoms with Gasteiger partial charge >= 0.3 is 0 Å². The molecule has 0 saturated carbocycles. The van der Waals surface area contributed by atoms with E-state index in [-0.39, 0.29) is 0 Å². The summed E-state index contributed by atoms with van der Waals surface area (Å²) in [5.74, 6) is 0. The highest BCUT2D eigenvalue weighted by Crippen LogP contribution is 2.67. The standard InChI is InChI=1S/C98H56N2OS2/c1-5-24-65-57(20-1)42-52-84-91(65)73-48-50-82-95(102-88-38-17-14-34-79(88)97(82)76-31-11-7-26-68(76)69-27-8-12-32-77(69)97)93(73)99(84)62-44-40-59(41-45-62)75-55-61(54-60-22-3-4-23-64(60)75)67-30-19-36-81-90(67)72-29-9-13-33-78(72)98(81)80-35-15-18-39-89(80)103-96-83(98)51-49-74-92-66-25-6-2-21-58(66)43-53-85(92)100(94(74)96)63-46-47-71-70-28-10-16-37-86(70)101-87(71)56-63/h1-56H. The maximum absolute atomic E-state index is 6.69. The van der Waals surface area contributed by atoms with Gasteiger partial charge in [0.25, 0.3) is 0 Å². The number of benzene rings is 17. The molecule has 3 aromatic heterocycles. The maximum atomic E-state index is 6.69. The van der Waals surface area contributed by atoms with Crippen LogP contribution in [0.25, 0.3) is 154 Å². The van der Waals surface area contributed by atoms with Crippen molar-refractivity contribution in [3.8, 4) is 55.9 Å². The molecule has 1 atom stereocenters. The lowest BCUT2D eigenvalue weighted by molar-refractivity contribution is 0.668. The Balaban J connectivity index is 0.707. The van der Waals surface area contributed by atoms with Gasteiger partial charge in [-0.25, -0.2) is 0 Å². The van der Waals surface area contributed by atoms with E-state index in [0.717, 1.165) is 33.3 Å². The van der Waals surface area contributed by atoms with E-state index in [1.165, 1.54) is 185 Å². The second kappa shape index (κ2) is 20.6. The normalized spacial score (nSPS) is 15.0. The maximum Gasteiger partial charge on any atom is 0.137 e. The van der Waals surface area contributed by atoms with E-state index in [1.807, 2.05) is 23.5 Å². The molecule has 0 radical (unpaired) electrons. The predicted octanol–water partition coefficient (Wildman–Crippen LogP) is 26.2. The highest BCUT2D eigenvalue weighted by molar-refractivity contribution is 8.00. The first kappa shape index (κ1) is 56.4. The minimum atomic E-state index is -0.665. The molecule has 5 heteroatoms. The van der Waals surface area contributed by atoms with E-state index in [0.29, 0.717) is 0 Å². The van der Waals surface area contributed by atoms with Crippen LogP contribution in [0.2, 0.25) is 0 Å². The lowest BCUT2D eigenvalue weighted by Gasteiger charge is -2.40. The Bertz CT molecular complexity index is 7160. The molecular weight excluding hydrogens is 1290 g/mol. The molecule has 476 valence electrons. The summed E-state index contributed by atoms with van der Waals surface area (Å²) < 4.78 is 11.8. The van der Waals surface area contributed by atoms with Crippen molar-refractivity contribution in [2.24, 2.45) is 0 Å². The molecule has 24 rings (SSSR count). The van der Waals surface area contributed by atoms with Crippen LogP contribution in [-0.2, 0) is 10.8 Å². The van der Waals surface area contributed by atoms with Crippen LogP contribution >= 0.6 is 23.5 Å². The van der Waals surface area contributed by atoms with Gasteiger partial charge in [-0.1, -0.05) is 290 Å². The third-order valence-corrected chi connectivity index (χ3v) is 26.0. The molecule has 4 aliphatic rings. The van der Waals surface area contributed by atoms with Crippen molar-refractivity contribution in [1.82, 2.24) is 9.13 Å². The fourth-order valence-electron chi connectivity index (χ4n) is 19.6. The lowest BCUT2D eigenvalue weighted by atomic mass is 9.67. The number of hydrogen-bond donors (Lipinski definition) is 0. The van der Waals surface area contributed by atoms with Crippen molar-refractivity contribution in [2.45, 2.75) is 30.4 Å². The van der Waals surface area contributed by atoms with Crippen LogP contribution in [0, 0.1) is 0 Å². The summed E-state index contributed by atoms with van der Waals surface area (Å²) >= 11 is 3.85. The molecule has 5 heterocycles. The van der Waals surface area contributed by atoms with Crippen molar-refractivity contribution >= 4 is 121 Å². The zero-order valence-corrected chi connectivity index (χ0v) is 57.1. The first-order chi connectivity index (χ1) is 51.1. The summed E-state index contributed by atoms with van der Waals surface area (Å²) in [7, 11) is 0. The first-order valence-electron chi connectivity index (χ1n) is 35.6. The minimum Gasteiger partial charge on any atom is -0.456 e. The molecule has 1 unspecified atom stereocenters. The van der Waals surface area contributed by atoms with E-state index in [1.54, 1.807) is 0 Å². The fourth-order valence-corrected chi connectivity index (χ4v) is 22.2. The number of para-hydroxylation sites is 1. The van der Waals surface area contributed by atoms with Crippen LogP contribution in [0.1, 0.15) is 44.5 Å². The summed E-state index contributed by atoms with van der Waals surface area (Å²) in [5, 5.41) is 14.7. The Morgan fingerprint density at radius 3 is 1.34 bits per heavy atom. The number of nitrogens with zero attached hydrogens (tertiary/aromatic N) is 2. The molecule has 3 nitrogen and oxygen atoms in total. The molecule has 0 amide bonds. The Labute approximate surface area is 601 Å². The minimum absolute atomic E-state index is 0.511. The van der Waals surface area contributed by atoms with Gasteiger partial charge in [-0.2, -0.15) is 0 Å². The lowest BCUT2D eigenvalue weighted by Crippen LogP contribution is -2.32. The van der Waals surface area contributed by atoms with Crippen molar-refractivity contribution in [3.63, 3.8) is 0 Å². The van der Waals surface area contributed by atoms with Gasteiger partial charge < -0.3 is 13.6 Å². The SMILES string of the molecule is c1ccc2c(c1)Sc1c(ccc3c4c5ccccc5ccc4n(-c4ccc(-c5cc(-c6cccc7c6-c6ccccc6C76c7ccccc7Sc7c6ccc6c8c9ccccc9ccc8n(-c8ccc9c(c8)oc8ccccc89)c76)cc6ccccc56)cc4)c13)C21c2ccccc2-c2ccccc21. The van der Waals surface area contributed by atoms with Crippen LogP contribution < -0.4 is 0 Å². The summed E-state index contributed by atoms with van der Waals surface area (Å²) in [6, 6.07) is 129. The van der Waals surface area contributed by atoms with E-state index >= 15 is 0 Å².